The van der Waals surface area contributed by atoms with Crippen molar-refractivity contribution >= 4 is 23.2 Å². The van der Waals surface area contributed by atoms with E-state index in [1.54, 1.807) is 30.6 Å². The van der Waals surface area contributed by atoms with Crippen molar-refractivity contribution in [2.24, 2.45) is 4.36 Å². The number of rotatable bonds is 3. The fraction of sp³-hybridized carbons (Fsp3) is 0.0769. The molecular weight excluding hydrogens is 262 g/mol. The molecule has 2 amide bonds. The zero-order valence-electron chi connectivity index (χ0n) is 9.97. The molecule has 0 atom stereocenters. The maximum atomic E-state index is 11.9. The van der Waals surface area contributed by atoms with Crippen LogP contribution in [0, 0.1) is 0 Å². The van der Waals surface area contributed by atoms with E-state index in [2.05, 4.69) is 9.35 Å². The number of para-hydroxylation sites is 1. The Hall–Kier alpha value is -2.34. The van der Waals surface area contributed by atoms with Crippen LogP contribution in [0.2, 0.25) is 0 Å². The number of carbonyl (C=O) groups excluding carboxylic acids is 1. The Morgan fingerprint density at radius 2 is 2.00 bits per heavy atom. The molecule has 0 aliphatic carbocycles. The van der Waals surface area contributed by atoms with Gasteiger partial charge in [0, 0.05) is 18.1 Å². The first kappa shape index (κ1) is 13.1. The van der Waals surface area contributed by atoms with E-state index < -0.39 is 6.03 Å². The molecule has 0 saturated heterocycles. The normalized spacial score (nSPS) is 9.68. The minimum atomic E-state index is -0.574. The molecule has 0 spiro atoms. The predicted octanol–water partition coefficient (Wildman–Crippen LogP) is 2.60. The van der Waals surface area contributed by atoms with E-state index in [4.69, 9.17) is 0 Å². The van der Waals surface area contributed by atoms with Crippen LogP contribution in [-0.2, 0) is 18.0 Å². The summed E-state index contributed by atoms with van der Waals surface area (Å²) in [7, 11) is 0. The summed E-state index contributed by atoms with van der Waals surface area (Å²) in [6.07, 6.45) is 3.34. The Labute approximate surface area is 114 Å². The summed E-state index contributed by atoms with van der Waals surface area (Å²) in [5.41, 5.74) is 1.56. The zero-order valence-corrected chi connectivity index (χ0v) is 10.8. The van der Waals surface area contributed by atoms with E-state index >= 15 is 0 Å². The van der Waals surface area contributed by atoms with Gasteiger partial charge in [0.05, 0.1) is 6.54 Å². The van der Waals surface area contributed by atoms with Gasteiger partial charge >= 0.3 is 6.03 Å². The van der Waals surface area contributed by atoms with Crippen LogP contribution in [0.15, 0.2) is 59.2 Å². The van der Waals surface area contributed by atoms with Gasteiger partial charge < -0.3 is 0 Å². The molecule has 1 aromatic heterocycles. The second-order valence-corrected chi connectivity index (χ2v) is 4.06. The van der Waals surface area contributed by atoms with Gasteiger partial charge in [0.15, 0.2) is 0 Å². The summed E-state index contributed by atoms with van der Waals surface area (Å²) in [5, 5.41) is 0. The van der Waals surface area contributed by atoms with E-state index in [0.29, 0.717) is 12.2 Å². The average Bonchev–Trinajstić information content (AvgIpc) is 2.47. The van der Waals surface area contributed by atoms with Crippen LogP contribution in [0.25, 0.3) is 0 Å². The van der Waals surface area contributed by atoms with Crippen molar-refractivity contribution < 1.29 is 9.00 Å². The van der Waals surface area contributed by atoms with E-state index in [0.717, 1.165) is 5.56 Å². The third-order valence-electron chi connectivity index (χ3n) is 2.48. The number of nitrogens with zero attached hydrogens (tertiary/aromatic N) is 3. The van der Waals surface area contributed by atoms with Gasteiger partial charge in [-0.25, -0.2) is 4.79 Å². The Morgan fingerprint density at radius 3 is 2.63 bits per heavy atom. The second kappa shape index (κ2) is 6.55. The number of urea groups is 1. The van der Waals surface area contributed by atoms with Crippen LogP contribution in [-0.4, -0.2) is 15.2 Å². The summed E-state index contributed by atoms with van der Waals surface area (Å²) in [6.45, 7) is 0.320. The summed E-state index contributed by atoms with van der Waals surface area (Å²) < 4.78 is 13.7. The molecule has 1 aromatic carbocycles. The van der Waals surface area contributed by atoms with Crippen LogP contribution in [0.1, 0.15) is 5.56 Å². The number of hydrogen-bond acceptors (Lipinski definition) is 3. The first-order valence-electron chi connectivity index (χ1n) is 5.57. The van der Waals surface area contributed by atoms with Crippen LogP contribution in [0.5, 0.6) is 0 Å². The molecule has 5 nitrogen and oxygen atoms in total. The van der Waals surface area contributed by atoms with Crippen molar-refractivity contribution in [3.8, 4) is 0 Å². The molecule has 2 aromatic rings. The van der Waals surface area contributed by atoms with E-state index in [-0.39, 0.29) is 11.5 Å². The summed E-state index contributed by atoms with van der Waals surface area (Å²) in [4.78, 5) is 17.3. The summed E-state index contributed by atoms with van der Waals surface area (Å²) in [5.74, 6) is 0. The second-order valence-electron chi connectivity index (χ2n) is 3.73. The quantitative estimate of drug-likeness (QED) is 0.863. The average molecular weight is 273 g/mol. The predicted molar refractivity (Wildman–Crippen MR) is 72.8 cm³/mol. The lowest BCUT2D eigenvalue weighted by molar-refractivity contribution is 0.254. The maximum Gasteiger partial charge on any atom is 0.361 e. The zero-order chi connectivity index (χ0) is 13.5. The highest BCUT2D eigenvalue weighted by Crippen LogP contribution is 2.17. The Kier molecular flexibility index (Phi) is 4.52. The molecule has 2 rings (SSSR count). The van der Waals surface area contributed by atoms with Crippen molar-refractivity contribution in [1.29, 1.82) is 0 Å². The number of carbonyl (C=O) groups is 1. The molecule has 0 fully saturated rings. The Bertz CT molecular complexity index is 598. The minimum absolute atomic E-state index is 0.0885. The van der Waals surface area contributed by atoms with Gasteiger partial charge in [-0.2, -0.15) is 4.21 Å². The van der Waals surface area contributed by atoms with Crippen molar-refractivity contribution in [3.05, 3.63) is 60.4 Å². The maximum absolute atomic E-state index is 11.9. The largest absolute Gasteiger partial charge is 0.361 e. The molecular formula is C13H11N3O2S. The standard InChI is InChI=1S/C13H11N3O2S/c17-13(15-19-18)16(12-6-2-1-3-7-12)10-11-5-4-8-14-9-11/h1-9H,10H2. The Morgan fingerprint density at radius 1 is 1.21 bits per heavy atom. The molecule has 6 heteroatoms. The first-order valence-corrected chi connectivity index (χ1v) is 6.26. The highest BCUT2D eigenvalue weighted by atomic mass is 32.1. The Balaban J connectivity index is 2.30. The highest BCUT2D eigenvalue weighted by molar-refractivity contribution is 7.55. The van der Waals surface area contributed by atoms with Crippen molar-refractivity contribution in [2.75, 3.05) is 4.90 Å². The van der Waals surface area contributed by atoms with Gasteiger partial charge in [-0.05, 0) is 23.8 Å². The lowest BCUT2D eigenvalue weighted by Gasteiger charge is -2.19. The summed E-state index contributed by atoms with van der Waals surface area (Å²) >= 11 is -0.0885. The van der Waals surface area contributed by atoms with Gasteiger partial charge in [-0.3, -0.25) is 9.88 Å². The summed E-state index contributed by atoms with van der Waals surface area (Å²) in [6, 6.07) is 12.2. The monoisotopic (exact) mass is 273 g/mol. The third kappa shape index (κ3) is 3.56. The van der Waals surface area contributed by atoms with Crippen LogP contribution < -0.4 is 4.90 Å². The smallest absolute Gasteiger partial charge is 0.287 e. The van der Waals surface area contributed by atoms with Crippen LogP contribution in [0.3, 0.4) is 0 Å². The lowest BCUT2D eigenvalue weighted by atomic mass is 10.2. The highest BCUT2D eigenvalue weighted by Gasteiger charge is 2.15. The molecule has 0 radical (unpaired) electrons. The number of pyridine rings is 1. The third-order valence-corrected chi connectivity index (χ3v) is 2.71. The van der Waals surface area contributed by atoms with E-state index in [1.807, 2.05) is 24.3 Å². The van der Waals surface area contributed by atoms with Crippen LogP contribution in [0.4, 0.5) is 10.5 Å². The minimum Gasteiger partial charge on any atom is -0.287 e. The number of benzene rings is 1. The molecule has 0 unspecified atom stereocenters. The number of aromatic nitrogens is 1. The van der Waals surface area contributed by atoms with E-state index in [9.17, 15) is 9.00 Å². The van der Waals surface area contributed by atoms with Crippen molar-refractivity contribution in [3.63, 3.8) is 0 Å². The molecule has 0 saturated carbocycles. The SMILES string of the molecule is O=S=NC(=O)N(Cc1cccnc1)c1ccccc1. The van der Waals surface area contributed by atoms with Gasteiger partial charge in [-0.1, -0.05) is 28.6 Å². The molecule has 0 N–H and O–H groups in total. The molecule has 0 aliphatic rings. The van der Waals surface area contributed by atoms with E-state index in [1.165, 1.54) is 4.90 Å². The van der Waals surface area contributed by atoms with Crippen molar-refractivity contribution in [2.45, 2.75) is 6.54 Å². The number of anilines is 1. The van der Waals surface area contributed by atoms with Gasteiger partial charge in [0.1, 0.15) is 0 Å². The number of amides is 2. The van der Waals surface area contributed by atoms with Gasteiger partial charge in [0.25, 0.3) is 0 Å². The number of hydrogen-bond donors (Lipinski definition) is 0. The van der Waals surface area contributed by atoms with Crippen molar-refractivity contribution in [1.82, 2.24) is 4.98 Å². The lowest BCUT2D eigenvalue weighted by Crippen LogP contribution is -2.27. The topological polar surface area (TPSA) is 62.6 Å². The molecule has 1 heterocycles. The molecule has 0 aliphatic heterocycles. The molecule has 96 valence electrons. The fourth-order valence-corrected chi connectivity index (χ4v) is 1.80. The van der Waals surface area contributed by atoms with Gasteiger partial charge in [0.2, 0.25) is 11.5 Å². The van der Waals surface area contributed by atoms with Gasteiger partial charge in [-0.15, -0.1) is 0 Å². The fourth-order valence-electron chi connectivity index (χ4n) is 1.63. The van der Waals surface area contributed by atoms with Crippen LogP contribution >= 0.6 is 0 Å². The first-order chi connectivity index (χ1) is 9.31. The molecule has 19 heavy (non-hydrogen) atoms. The molecule has 0 bridgehead atoms.